The molecule has 1 heterocycles. The predicted octanol–water partition coefficient (Wildman–Crippen LogP) is 3.01. The van der Waals surface area contributed by atoms with Gasteiger partial charge in [0.05, 0.1) is 0 Å². The molecule has 1 fully saturated rings. The molecule has 3 atom stereocenters. The summed E-state index contributed by atoms with van der Waals surface area (Å²) >= 11 is 0. The van der Waals surface area contributed by atoms with Crippen molar-refractivity contribution in [2.45, 2.75) is 71.4 Å². The van der Waals surface area contributed by atoms with Crippen LogP contribution in [0.5, 0.6) is 0 Å². The van der Waals surface area contributed by atoms with E-state index in [0.29, 0.717) is 12.1 Å². The van der Waals surface area contributed by atoms with Gasteiger partial charge >= 0.3 is 0 Å². The standard InChI is InChI=1S/C14H30N2/c1-4-7-13(15)14(5-2)16-10-6-8-12(3)9-11-16/h12-14H,4-11,15H2,1-3H3. The van der Waals surface area contributed by atoms with Gasteiger partial charge < -0.3 is 5.73 Å². The van der Waals surface area contributed by atoms with Gasteiger partial charge in [-0.2, -0.15) is 0 Å². The third kappa shape index (κ3) is 4.06. The zero-order valence-corrected chi connectivity index (χ0v) is 11.4. The Morgan fingerprint density at radius 3 is 2.62 bits per heavy atom. The maximum absolute atomic E-state index is 6.31. The van der Waals surface area contributed by atoms with Crippen molar-refractivity contribution in [1.29, 1.82) is 0 Å². The van der Waals surface area contributed by atoms with Gasteiger partial charge in [0.15, 0.2) is 0 Å². The SMILES string of the molecule is CCCC(N)C(CC)N1CCCC(C)CC1. The van der Waals surface area contributed by atoms with Crippen LogP contribution in [-0.2, 0) is 0 Å². The van der Waals surface area contributed by atoms with Crippen LogP contribution < -0.4 is 5.73 Å². The summed E-state index contributed by atoms with van der Waals surface area (Å²) in [7, 11) is 0. The summed E-state index contributed by atoms with van der Waals surface area (Å²) in [4.78, 5) is 2.66. The van der Waals surface area contributed by atoms with Crippen LogP contribution in [0.3, 0.4) is 0 Å². The second-order valence-corrected chi connectivity index (χ2v) is 5.50. The minimum Gasteiger partial charge on any atom is -0.326 e. The second-order valence-electron chi connectivity index (χ2n) is 5.50. The number of nitrogens with two attached hydrogens (primary N) is 1. The van der Waals surface area contributed by atoms with Crippen molar-refractivity contribution in [3.63, 3.8) is 0 Å². The van der Waals surface area contributed by atoms with Crippen LogP contribution in [0.2, 0.25) is 0 Å². The maximum atomic E-state index is 6.31. The fourth-order valence-corrected chi connectivity index (χ4v) is 2.97. The molecule has 2 nitrogen and oxygen atoms in total. The molecule has 1 saturated heterocycles. The molecule has 3 unspecified atom stereocenters. The quantitative estimate of drug-likeness (QED) is 0.781. The number of likely N-dealkylation sites (tertiary alicyclic amines) is 1. The fourth-order valence-electron chi connectivity index (χ4n) is 2.97. The van der Waals surface area contributed by atoms with Crippen molar-refractivity contribution in [3.8, 4) is 0 Å². The van der Waals surface area contributed by atoms with Crippen LogP contribution in [0.4, 0.5) is 0 Å². The van der Waals surface area contributed by atoms with E-state index in [9.17, 15) is 0 Å². The van der Waals surface area contributed by atoms with Crippen molar-refractivity contribution in [2.75, 3.05) is 13.1 Å². The number of rotatable bonds is 5. The first-order valence-electron chi connectivity index (χ1n) is 7.18. The molecule has 0 saturated carbocycles. The smallest absolute Gasteiger partial charge is 0.0244 e. The first kappa shape index (κ1) is 14.0. The normalized spacial score (nSPS) is 27.4. The van der Waals surface area contributed by atoms with E-state index >= 15 is 0 Å². The van der Waals surface area contributed by atoms with Gasteiger partial charge in [-0.25, -0.2) is 0 Å². The lowest BCUT2D eigenvalue weighted by atomic mass is 10.00. The summed E-state index contributed by atoms with van der Waals surface area (Å²) < 4.78 is 0. The van der Waals surface area contributed by atoms with E-state index in [1.54, 1.807) is 0 Å². The highest BCUT2D eigenvalue weighted by Crippen LogP contribution is 2.21. The van der Waals surface area contributed by atoms with Gasteiger partial charge in [0.1, 0.15) is 0 Å². The summed E-state index contributed by atoms with van der Waals surface area (Å²) in [6, 6.07) is 0.994. The Kier molecular flexibility index (Phi) is 6.37. The summed E-state index contributed by atoms with van der Waals surface area (Å²) in [5.41, 5.74) is 6.31. The Morgan fingerprint density at radius 2 is 2.00 bits per heavy atom. The molecule has 2 heteroatoms. The Bertz CT molecular complexity index is 182. The molecular formula is C14H30N2. The molecule has 0 spiro atoms. The van der Waals surface area contributed by atoms with Crippen molar-refractivity contribution in [3.05, 3.63) is 0 Å². The lowest BCUT2D eigenvalue weighted by molar-refractivity contribution is 0.166. The average Bonchev–Trinajstić information content (AvgIpc) is 2.46. The van der Waals surface area contributed by atoms with Gasteiger partial charge in [0.2, 0.25) is 0 Å². The summed E-state index contributed by atoms with van der Waals surface area (Å²) in [6.07, 6.45) is 7.70. The van der Waals surface area contributed by atoms with Gasteiger partial charge in [-0.3, -0.25) is 4.90 Å². The molecule has 0 bridgehead atoms. The monoisotopic (exact) mass is 226 g/mol. The molecule has 0 amide bonds. The summed E-state index contributed by atoms with van der Waals surface area (Å²) in [5.74, 6) is 0.907. The largest absolute Gasteiger partial charge is 0.326 e. The first-order valence-corrected chi connectivity index (χ1v) is 7.18. The molecule has 96 valence electrons. The zero-order chi connectivity index (χ0) is 12.0. The number of nitrogens with zero attached hydrogens (tertiary/aromatic N) is 1. The van der Waals surface area contributed by atoms with E-state index in [1.165, 1.54) is 51.6 Å². The van der Waals surface area contributed by atoms with E-state index in [-0.39, 0.29) is 0 Å². The number of hydrogen-bond acceptors (Lipinski definition) is 2. The van der Waals surface area contributed by atoms with E-state index in [0.717, 1.165) is 5.92 Å². The highest BCUT2D eigenvalue weighted by atomic mass is 15.2. The van der Waals surface area contributed by atoms with Gasteiger partial charge in [0.25, 0.3) is 0 Å². The fraction of sp³-hybridized carbons (Fsp3) is 1.00. The minimum absolute atomic E-state index is 0.378. The van der Waals surface area contributed by atoms with Crippen molar-refractivity contribution in [1.82, 2.24) is 4.90 Å². The van der Waals surface area contributed by atoms with Crippen LogP contribution in [0.1, 0.15) is 59.3 Å². The van der Waals surface area contributed by atoms with Gasteiger partial charge in [-0.1, -0.05) is 27.2 Å². The third-order valence-corrected chi connectivity index (χ3v) is 4.05. The third-order valence-electron chi connectivity index (χ3n) is 4.05. The molecule has 0 aromatic carbocycles. The van der Waals surface area contributed by atoms with Gasteiger partial charge in [0, 0.05) is 12.1 Å². The molecule has 2 N–H and O–H groups in total. The lowest BCUT2D eigenvalue weighted by Gasteiger charge is -2.34. The topological polar surface area (TPSA) is 29.3 Å². The Morgan fingerprint density at radius 1 is 1.25 bits per heavy atom. The highest BCUT2D eigenvalue weighted by Gasteiger charge is 2.24. The number of hydrogen-bond donors (Lipinski definition) is 1. The second kappa shape index (κ2) is 7.29. The van der Waals surface area contributed by atoms with Crippen molar-refractivity contribution < 1.29 is 0 Å². The molecule has 0 aromatic heterocycles. The van der Waals surface area contributed by atoms with E-state index in [2.05, 4.69) is 25.7 Å². The Hall–Kier alpha value is -0.0800. The molecule has 0 radical (unpaired) electrons. The maximum Gasteiger partial charge on any atom is 0.0244 e. The van der Waals surface area contributed by atoms with Crippen LogP contribution in [0.25, 0.3) is 0 Å². The Labute approximate surface area is 102 Å². The molecule has 1 rings (SSSR count). The van der Waals surface area contributed by atoms with Crippen LogP contribution in [-0.4, -0.2) is 30.1 Å². The van der Waals surface area contributed by atoms with Gasteiger partial charge in [-0.05, 0) is 51.1 Å². The first-order chi connectivity index (χ1) is 7.69. The van der Waals surface area contributed by atoms with E-state index in [1.807, 2.05) is 0 Å². The molecule has 1 aliphatic heterocycles. The van der Waals surface area contributed by atoms with Crippen LogP contribution in [0.15, 0.2) is 0 Å². The average molecular weight is 226 g/mol. The van der Waals surface area contributed by atoms with Crippen molar-refractivity contribution in [2.24, 2.45) is 11.7 Å². The highest BCUT2D eigenvalue weighted by molar-refractivity contribution is 4.82. The summed E-state index contributed by atoms with van der Waals surface area (Å²) in [6.45, 7) is 9.43. The molecule has 0 aliphatic carbocycles. The lowest BCUT2D eigenvalue weighted by Crippen LogP contribution is -2.47. The molecule has 16 heavy (non-hydrogen) atoms. The predicted molar refractivity (Wildman–Crippen MR) is 71.6 cm³/mol. The van der Waals surface area contributed by atoms with Crippen LogP contribution >= 0.6 is 0 Å². The zero-order valence-electron chi connectivity index (χ0n) is 11.4. The minimum atomic E-state index is 0.378. The van der Waals surface area contributed by atoms with Gasteiger partial charge in [-0.15, -0.1) is 0 Å². The molecular weight excluding hydrogens is 196 g/mol. The molecule has 1 aliphatic rings. The summed E-state index contributed by atoms with van der Waals surface area (Å²) in [5, 5.41) is 0. The van der Waals surface area contributed by atoms with E-state index < -0.39 is 0 Å². The van der Waals surface area contributed by atoms with Crippen molar-refractivity contribution >= 4 is 0 Å². The van der Waals surface area contributed by atoms with E-state index in [4.69, 9.17) is 5.73 Å². The van der Waals surface area contributed by atoms with Crippen LogP contribution in [0, 0.1) is 5.92 Å². The molecule has 0 aromatic rings. The Balaban J connectivity index is 2.50.